The summed E-state index contributed by atoms with van der Waals surface area (Å²) < 4.78 is 29.2. The first-order chi connectivity index (χ1) is 7.88. The Hall–Kier alpha value is -1.39. The smallest absolute Gasteiger partial charge is 0.378 e. The number of rotatable bonds is 3. The van der Waals surface area contributed by atoms with Crippen LogP contribution in [0.15, 0.2) is 6.07 Å². The number of halogens is 3. The molecule has 0 aromatic carbocycles. The molecule has 0 amide bonds. The third-order valence-corrected chi connectivity index (χ3v) is 2.63. The number of esters is 1. The monoisotopic (exact) mass is 358 g/mol. The Balaban J connectivity index is 3.46. The van der Waals surface area contributed by atoms with E-state index in [1.807, 2.05) is 0 Å². The fourth-order valence-electron chi connectivity index (χ4n) is 1.05. The number of ether oxygens (including phenoxy) is 1. The Bertz CT molecular complexity index is 481. The molecule has 0 aliphatic carbocycles. The van der Waals surface area contributed by atoms with Gasteiger partial charge in [-0.2, -0.15) is 0 Å². The summed E-state index contributed by atoms with van der Waals surface area (Å²) in [6.07, 6.45) is -2.95. The largest absolute Gasteiger partial charge is 0.465 e. The molecule has 0 spiro atoms. The lowest BCUT2D eigenvalue weighted by Gasteiger charge is -2.03. The van der Waals surface area contributed by atoms with Gasteiger partial charge in [0.2, 0.25) is 5.69 Å². The number of methoxy groups -OCH3 is 1. The maximum absolute atomic E-state index is 12.5. The molecule has 0 saturated carbocycles. The molecule has 1 aromatic rings. The van der Waals surface area contributed by atoms with Crippen molar-refractivity contribution in [2.45, 2.75) is 6.43 Å². The van der Waals surface area contributed by atoms with Crippen LogP contribution in [-0.2, 0) is 4.74 Å². The van der Waals surface area contributed by atoms with E-state index in [1.165, 1.54) is 22.6 Å². The van der Waals surface area contributed by atoms with Crippen molar-refractivity contribution in [3.63, 3.8) is 0 Å². The van der Waals surface area contributed by atoms with Crippen LogP contribution in [0.1, 0.15) is 22.5 Å². The third-order valence-electron chi connectivity index (χ3n) is 1.77. The number of carbonyl (C=O) groups is 1. The fraction of sp³-hybridized carbons (Fsp3) is 0.250. The summed E-state index contributed by atoms with van der Waals surface area (Å²) in [7, 11) is 1.03. The molecule has 9 heteroatoms. The number of alkyl halides is 2. The quantitative estimate of drug-likeness (QED) is 0.359. The molecule has 92 valence electrons. The molecule has 0 aliphatic rings. The lowest BCUT2D eigenvalue weighted by Crippen LogP contribution is -2.10. The van der Waals surface area contributed by atoms with Crippen molar-refractivity contribution in [2.75, 3.05) is 7.11 Å². The first-order valence-corrected chi connectivity index (χ1v) is 5.17. The number of hydrogen-bond acceptors (Lipinski definition) is 5. The van der Waals surface area contributed by atoms with Crippen molar-refractivity contribution in [1.82, 2.24) is 4.98 Å². The van der Waals surface area contributed by atoms with Crippen LogP contribution in [0, 0.1) is 13.7 Å². The van der Waals surface area contributed by atoms with Gasteiger partial charge in [0, 0.05) is 0 Å². The van der Waals surface area contributed by atoms with Crippen LogP contribution in [0.5, 0.6) is 0 Å². The molecule has 17 heavy (non-hydrogen) atoms. The molecule has 0 aliphatic heterocycles. The second-order valence-corrected chi connectivity index (χ2v) is 3.94. The maximum Gasteiger partial charge on any atom is 0.378 e. The maximum atomic E-state index is 12.5. The van der Waals surface area contributed by atoms with Gasteiger partial charge in [0.25, 0.3) is 0 Å². The molecule has 1 rings (SSSR count). The van der Waals surface area contributed by atoms with Gasteiger partial charge in [-0.1, -0.05) is 0 Å². The van der Waals surface area contributed by atoms with Gasteiger partial charge in [-0.25, -0.2) is 13.6 Å². The van der Waals surface area contributed by atoms with Crippen LogP contribution >= 0.6 is 22.6 Å². The molecule has 1 heterocycles. The average molecular weight is 358 g/mol. The molecular formula is C8H5F2IN2O4. The highest BCUT2D eigenvalue weighted by Crippen LogP contribution is 2.28. The van der Waals surface area contributed by atoms with Gasteiger partial charge < -0.3 is 14.9 Å². The van der Waals surface area contributed by atoms with Crippen LogP contribution in [0.25, 0.3) is 0 Å². The van der Waals surface area contributed by atoms with E-state index in [1.54, 1.807) is 0 Å². The van der Waals surface area contributed by atoms with Crippen molar-refractivity contribution < 1.29 is 23.2 Å². The lowest BCUT2D eigenvalue weighted by molar-refractivity contribution is -0.390. The lowest BCUT2D eigenvalue weighted by atomic mass is 10.2. The molecule has 0 atom stereocenters. The summed E-state index contributed by atoms with van der Waals surface area (Å²) in [6, 6.07) is 0.957. The summed E-state index contributed by atoms with van der Waals surface area (Å²) in [5.41, 5.74) is -1.18. The van der Waals surface area contributed by atoms with E-state index >= 15 is 0 Å². The first-order valence-electron chi connectivity index (χ1n) is 4.09. The van der Waals surface area contributed by atoms with E-state index in [0.29, 0.717) is 0 Å². The van der Waals surface area contributed by atoms with E-state index in [0.717, 1.165) is 13.2 Å². The zero-order valence-corrected chi connectivity index (χ0v) is 10.5. The average Bonchev–Trinajstić information content (AvgIpc) is 2.26. The van der Waals surface area contributed by atoms with E-state index in [4.69, 9.17) is 0 Å². The van der Waals surface area contributed by atoms with Crippen molar-refractivity contribution in [3.05, 3.63) is 31.0 Å². The minimum Gasteiger partial charge on any atom is -0.465 e. The molecule has 0 radical (unpaired) electrons. The van der Waals surface area contributed by atoms with Crippen LogP contribution < -0.4 is 0 Å². The minimum atomic E-state index is -2.95. The Morgan fingerprint density at radius 2 is 2.24 bits per heavy atom. The number of hydrogen-bond donors (Lipinski definition) is 0. The molecule has 0 saturated heterocycles. The number of nitrogens with zero attached hydrogens (tertiary/aromatic N) is 2. The Kier molecular flexibility index (Phi) is 4.26. The van der Waals surface area contributed by atoms with Crippen molar-refractivity contribution >= 4 is 34.4 Å². The second kappa shape index (κ2) is 5.29. The fourth-order valence-corrected chi connectivity index (χ4v) is 1.71. The van der Waals surface area contributed by atoms with Gasteiger partial charge in [0.15, 0.2) is 5.56 Å². The van der Waals surface area contributed by atoms with E-state index in [-0.39, 0.29) is 3.57 Å². The van der Waals surface area contributed by atoms with Crippen molar-refractivity contribution in [1.29, 1.82) is 0 Å². The number of pyridine rings is 1. The van der Waals surface area contributed by atoms with Crippen LogP contribution in [0.3, 0.4) is 0 Å². The molecular weight excluding hydrogens is 353 g/mol. The van der Waals surface area contributed by atoms with Crippen LogP contribution in [0.2, 0.25) is 0 Å². The second-order valence-electron chi connectivity index (χ2n) is 2.78. The molecule has 6 nitrogen and oxygen atoms in total. The molecule has 0 fully saturated rings. The first kappa shape index (κ1) is 13.7. The molecule has 0 N–H and O–H groups in total. The summed E-state index contributed by atoms with van der Waals surface area (Å²) in [6.45, 7) is 0. The van der Waals surface area contributed by atoms with Crippen molar-refractivity contribution in [3.8, 4) is 0 Å². The van der Waals surface area contributed by atoms with Gasteiger partial charge >= 0.3 is 18.2 Å². The van der Waals surface area contributed by atoms with E-state index in [9.17, 15) is 23.7 Å². The highest BCUT2D eigenvalue weighted by atomic mass is 127. The number of carbonyl (C=O) groups excluding carboxylic acids is 1. The zero-order chi connectivity index (χ0) is 13.2. The van der Waals surface area contributed by atoms with Gasteiger partial charge in [0.05, 0.1) is 10.7 Å². The predicted octanol–water partition coefficient (Wildman–Crippen LogP) is 2.32. The highest BCUT2D eigenvalue weighted by Gasteiger charge is 2.29. The van der Waals surface area contributed by atoms with Crippen LogP contribution in [0.4, 0.5) is 14.6 Å². The SMILES string of the molecule is COC(=O)c1cc(I)c(C(F)F)nc1[N+](=O)[O-]. The Labute approximate surface area is 107 Å². The van der Waals surface area contributed by atoms with E-state index in [2.05, 4.69) is 9.72 Å². The van der Waals surface area contributed by atoms with Gasteiger partial charge in [-0.15, -0.1) is 0 Å². The van der Waals surface area contributed by atoms with Crippen LogP contribution in [-0.4, -0.2) is 23.0 Å². The molecule has 0 unspecified atom stereocenters. The minimum absolute atomic E-state index is 0.0383. The summed E-state index contributed by atoms with van der Waals surface area (Å²) in [5, 5.41) is 10.6. The van der Waals surface area contributed by atoms with Gasteiger partial charge in [0.1, 0.15) is 0 Å². The third kappa shape index (κ3) is 2.84. The predicted molar refractivity (Wildman–Crippen MR) is 59.9 cm³/mol. The molecule has 1 aromatic heterocycles. The molecule has 0 bridgehead atoms. The van der Waals surface area contributed by atoms with E-state index < -0.39 is 34.4 Å². The van der Waals surface area contributed by atoms with Crippen molar-refractivity contribution in [2.24, 2.45) is 0 Å². The summed E-state index contributed by atoms with van der Waals surface area (Å²) >= 11 is 1.52. The Morgan fingerprint density at radius 1 is 1.65 bits per heavy atom. The van der Waals surface area contributed by atoms with Gasteiger partial charge in [-0.05, 0) is 38.6 Å². The summed E-state index contributed by atoms with van der Waals surface area (Å²) in [4.78, 5) is 24.0. The topological polar surface area (TPSA) is 82.3 Å². The standard InChI is InChI=1S/C8H5F2IN2O4/c1-17-8(14)3-2-4(11)5(6(9)10)12-7(3)13(15)16/h2,6H,1H3. The van der Waals surface area contributed by atoms with Gasteiger partial charge in [-0.3, -0.25) is 0 Å². The number of nitro groups is 1. The normalized spacial score (nSPS) is 10.4. The zero-order valence-electron chi connectivity index (χ0n) is 8.32. The Morgan fingerprint density at radius 3 is 2.65 bits per heavy atom. The highest BCUT2D eigenvalue weighted by molar-refractivity contribution is 14.1. The number of aromatic nitrogens is 1. The summed E-state index contributed by atoms with van der Waals surface area (Å²) in [5.74, 6) is -1.93.